The average Bonchev–Trinajstić information content (AvgIpc) is 3.23. The van der Waals surface area contributed by atoms with Crippen molar-refractivity contribution in [3.63, 3.8) is 0 Å². The SMILES string of the molecule is CC(CO)NC(=O)c1ccc2c(C(=O)NCc3ccc(F)c(F)c3)c(C(C)C)n(Cc3ccccc3)c2c1. The number of aromatic nitrogens is 1. The molecule has 6 nitrogen and oxygen atoms in total. The van der Waals surface area contributed by atoms with Gasteiger partial charge in [-0.3, -0.25) is 9.59 Å². The molecule has 8 heteroatoms. The molecular weight excluding hydrogens is 488 g/mol. The van der Waals surface area contributed by atoms with Crippen LogP contribution in [-0.4, -0.2) is 34.1 Å². The molecule has 0 fully saturated rings. The fourth-order valence-electron chi connectivity index (χ4n) is 4.56. The monoisotopic (exact) mass is 519 g/mol. The van der Waals surface area contributed by atoms with Crippen LogP contribution in [0.5, 0.6) is 0 Å². The third-order valence-electron chi connectivity index (χ3n) is 6.41. The van der Waals surface area contributed by atoms with Gasteiger partial charge in [-0.15, -0.1) is 0 Å². The molecule has 1 unspecified atom stereocenters. The molecule has 4 rings (SSSR count). The van der Waals surface area contributed by atoms with Crippen LogP contribution >= 0.6 is 0 Å². The largest absolute Gasteiger partial charge is 0.394 e. The van der Waals surface area contributed by atoms with Crippen molar-refractivity contribution in [1.82, 2.24) is 15.2 Å². The molecule has 1 atom stereocenters. The van der Waals surface area contributed by atoms with Gasteiger partial charge in [0.15, 0.2) is 11.6 Å². The fraction of sp³-hybridized carbons (Fsp3) is 0.267. The molecule has 38 heavy (non-hydrogen) atoms. The summed E-state index contributed by atoms with van der Waals surface area (Å²) in [5, 5.41) is 15.6. The maximum absolute atomic E-state index is 13.7. The van der Waals surface area contributed by atoms with Crippen LogP contribution in [0.4, 0.5) is 8.78 Å². The summed E-state index contributed by atoms with van der Waals surface area (Å²) < 4.78 is 29.1. The van der Waals surface area contributed by atoms with E-state index >= 15 is 0 Å². The van der Waals surface area contributed by atoms with Crippen molar-refractivity contribution in [3.8, 4) is 0 Å². The van der Waals surface area contributed by atoms with Gasteiger partial charge < -0.3 is 20.3 Å². The van der Waals surface area contributed by atoms with Crippen LogP contribution < -0.4 is 10.6 Å². The van der Waals surface area contributed by atoms with Crippen molar-refractivity contribution in [1.29, 1.82) is 0 Å². The quantitative estimate of drug-likeness (QED) is 0.287. The predicted octanol–water partition coefficient (Wildman–Crippen LogP) is 5.13. The van der Waals surface area contributed by atoms with Gasteiger partial charge >= 0.3 is 0 Å². The van der Waals surface area contributed by atoms with Gasteiger partial charge in [0.2, 0.25) is 0 Å². The van der Waals surface area contributed by atoms with Gasteiger partial charge in [-0.25, -0.2) is 8.78 Å². The molecule has 0 saturated carbocycles. The van der Waals surface area contributed by atoms with E-state index in [-0.39, 0.29) is 30.9 Å². The van der Waals surface area contributed by atoms with Crippen molar-refractivity contribution >= 4 is 22.7 Å². The first-order chi connectivity index (χ1) is 18.2. The number of carbonyl (C=O) groups is 2. The van der Waals surface area contributed by atoms with Crippen LogP contribution in [0.15, 0.2) is 66.7 Å². The number of aliphatic hydroxyl groups is 1. The first-order valence-corrected chi connectivity index (χ1v) is 12.5. The van der Waals surface area contributed by atoms with Crippen LogP contribution in [0.25, 0.3) is 10.9 Å². The molecule has 0 saturated heterocycles. The van der Waals surface area contributed by atoms with E-state index in [1.807, 2.05) is 48.7 Å². The molecule has 0 radical (unpaired) electrons. The Balaban J connectivity index is 1.79. The van der Waals surface area contributed by atoms with Crippen LogP contribution in [0.3, 0.4) is 0 Å². The Kier molecular flexibility index (Phi) is 8.22. The van der Waals surface area contributed by atoms with E-state index in [1.54, 1.807) is 25.1 Å². The summed E-state index contributed by atoms with van der Waals surface area (Å²) in [5.74, 6) is -2.63. The van der Waals surface area contributed by atoms with Crippen molar-refractivity contribution in [2.75, 3.05) is 6.61 Å². The lowest BCUT2D eigenvalue weighted by molar-refractivity contribution is 0.0920. The topological polar surface area (TPSA) is 83.4 Å². The molecule has 0 aliphatic heterocycles. The Morgan fingerprint density at radius 1 is 0.895 bits per heavy atom. The van der Waals surface area contributed by atoms with Gasteiger partial charge in [0.25, 0.3) is 11.8 Å². The van der Waals surface area contributed by atoms with Gasteiger partial charge in [0.1, 0.15) is 0 Å². The number of halogens is 2. The minimum Gasteiger partial charge on any atom is -0.394 e. The molecule has 1 heterocycles. The number of carbonyl (C=O) groups excluding carboxylic acids is 2. The molecule has 198 valence electrons. The van der Waals surface area contributed by atoms with E-state index in [2.05, 4.69) is 10.6 Å². The van der Waals surface area contributed by atoms with E-state index in [1.165, 1.54) is 6.07 Å². The summed E-state index contributed by atoms with van der Waals surface area (Å²) in [4.78, 5) is 26.4. The number of fused-ring (bicyclic) bond motifs is 1. The van der Waals surface area contributed by atoms with Crippen LogP contribution in [0, 0.1) is 11.6 Å². The molecule has 3 N–H and O–H groups in total. The first-order valence-electron chi connectivity index (χ1n) is 12.5. The minimum atomic E-state index is -0.972. The van der Waals surface area contributed by atoms with E-state index in [9.17, 15) is 23.5 Å². The number of nitrogens with one attached hydrogen (secondary N) is 2. The predicted molar refractivity (Wildman–Crippen MR) is 143 cm³/mol. The maximum Gasteiger partial charge on any atom is 0.254 e. The number of aliphatic hydroxyl groups excluding tert-OH is 1. The zero-order chi connectivity index (χ0) is 27.4. The number of amides is 2. The number of nitrogens with zero attached hydrogens (tertiary/aromatic N) is 1. The summed E-state index contributed by atoms with van der Waals surface area (Å²) in [6.07, 6.45) is 0. The normalized spacial score (nSPS) is 12.1. The second-order valence-electron chi connectivity index (χ2n) is 9.71. The average molecular weight is 520 g/mol. The molecule has 3 aromatic carbocycles. The molecule has 0 aliphatic carbocycles. The summed E-state index contributed by atoms with van der Waals surface area (Å²) in [7, 11) is 0. The van der Waals surface area contributed by atoms with E-state index in [0.717, 1.165) is 28.9 Å². The Labute approximate surface area is 220 Å². The van der Waals surface area contributed by atoms with Gasteiger partial charge in [0.05, 0.1) is 17.7 Å². The Hall–Kier alpha value is -4.04. The van der Waals surface area contributed by atoms with Crippen LogP contribution in [0.2, 0.25) is 0 Å². The van der Waals surface area contributed by atoms with Gasteiger partial charge in [-0.2, -0.15) is 0 Å². The fourth-order valence-corrected chi connectivity index (χ4v) is 4.56. The molecule has 2 amide bonds. The third kappa shape index (κ3) is 5.75. The van der Waals surface area contributed by atoms with Crippen molar-refractivity contribution in [2.24, 2.45) is 0 Å². The highest BCUT2D eigenvalue weighted by Gasteiger charge is 2.25. The standard InChI is InChI=1S/C30H31F2N3O3/c1-18(2)28-27(30(38)33-15-21-9-12-24(31)25(32)13-21)23-11-10-22(29(37)34-19(3)17-36)14-26(23)35(28)16-20-7-5-4-6-8-20/h4-14,18-19,36H,15-17H2,1-3H3,(H,33,38)(H,34,37). The third-order valence-corrected chi connectivity index (χ3v) is 6.41. The minimum absolute atomic E-state index is 0.0263. The number of hydrogen-bond acceptors (Lipinski definition) is 3. The molecule has 1 aromatic heterocycles. The summed E-state index contributed by atoms with van der Waals surface area (Å²) in [5.41, 5.74) is 3.88. The lowest BCUT2D eigenvalue weighted by atomic mass is 10.0. The lowest BCUT2D eigenvalue weighted by Gasteiger charge is -2.16. The summed E-state index contributed by atoms with van der Waals surface area (Å²) in [6, 6.07) is 18.1. The highest BCUT2D eigenvalue weighted by atomic mass is 19.2. The summed E-state index contributed by atoms with van der Waals surface area (Å²) >= 11 is 0. The number of benzene rings is 3. The molecule has 0 spiro atoms. The number of rotatable bonds is 9. The Morgan fingerprint density at radius 3 is 2.29 bits per heavy atom. The van der Waals surface area contributed by atoms with Gasteiger partial charge in [-0.1, -0.05) is 56.3 Å². The van der Waals surface area contributed by atoms with Crippen molar-refractivity contribution in [3.05, 3.63) is 106 Å². The highest BCUT2D eigenvalue weighted by Crippen LogP contribution is 2.33. The molecule has 0 aliphatic rings. The summed E-state index contributed by atoms with van der Waals surface area (Å²) in [6.45, 7) is 6.04. The Morgan fingerprint density at radius 2 is 1.63 bits per heavy atom. The van der Waals surface area contributed by atoms with Gasteiger partial charge in [-0.05, 0) is 48.2 Å². The van der Waals surface area contributed by atoms with E-state index in [0.29, 0.717) is 28.6 Å². The zero-order valence-corrected chi connectivity index (χ0v) is 21.6. The Bertz CT molecular complexity index is 1460. The van der Waals surface area contributed by atoms with Crippen molar-refractivity contribution in [2.45, 2.75) is 45.8 Å². The maximum atomic E-state index is 13.7. The lowest BCUT2D eigenvalue weighted by Crippen LogP contribution is -2.34. The van der Waals surface area contributed by atoms with Crippen LogP contribution in [0.1, 0.15) is 64.2 Å². The van der Waals surface area contributed by atoms with Crippen molar-refractivity contribution < 1.29 is 23.5 Å². The number of hydrogen-bond donors (Lipinski definition) is 3. The van der Waals surface area contributed by atoms with E-state index in [4.69, 9.17) is 0 Å². The second kappa shape index (κ2) is 11.6. The zero-order valence-electron chi connectivity index (χ0n) is 21.6. The second-order valence-corrected chi connectivity index (χ2v) is 9.71. The highest BCUT2D eigenvalue weighted by molar-refractivity contribution is 6.10. The van der Waals surface area contributed by atoms with E-state index < -0.39 is 17.7 Å². The smallest absolute Gasteiger partial charge is 0.254 e. The molecular formula is C30H31F2N3O3. The van der Waals surface area contributed by atoms with Gasteiger partial charge in [0, 0.05) is 35.8 Å². The molecule has 4 aromatic rings. The first kappa shape index (κ1) is 27.0. The molecule has 0 bridgehead atoms. The van der Waals surface area contributed by atoms with Crippen LogP contribution in [-0.2, 0) is 13.1 Å².